The zero-order valence-corrected chi connectivity index (χ0v) is 20.4. The molecule has 0 radical (unpaired) electrons. The minimum absolute atomic E-state index is 0.0298. The molecule has 2 aromatic carbocycles. The number of rotatable bonds is 10. The summed E-state index contributed by atoms with van der Waals surface area (Å²) in [5, 5.41) is 13.0. The molecule has 2 aromatic rings. The predicted octanol–water partition coefficient (Wildman–Crippen LogP) is 4.07. The Hall–Kier alpha value is -2.21. The first-order chi connectivity index (χ1) is 14.7. The molecule has 0 amide bonds. The van der Waals surface area contributed by atoms with E-state index in [1.54, 1.807) is 13.0 Å². The number of esters is 1. The number of ether oxygens (including phenoxy) is 1. The lowest BCUT2D eigenvalue weighted by molar-refractivity contribution is -0.137. The highest BCUT2D eigenvalue weighted by Crippen LogP contribution is 2.36. The van der Waals surface area contributed by atoms with E-state index in [0.29, 0.717) is 13.0 Å². The first kappa shape index (κ1) is 25.1. The predicted molar refractivity (Wildman–Crippen MR) is 129 cm³/mol. The van der Waals surface area contributed by atoms with Gasteiger partial charge >= 0.3 is 5.97 Å². The topological polar surface area (TPSA) is 55.8 Å². The van der Waals surface area contributed by atoms with E-state index in [1.807, 2.05) is 43.3 Å². The Bertz CT molecular complexity index is 788. The van der Waals surface area contributed by atoms with Crippen molar-refractivity contribution >= 4 is 24.7 Å². The molecule has 5 heteroatoms. The van der Waals surface area contributed by atoms with Crippen molar-refractivity contribution in [3.05, 3.63) is 72.8 Å². The normalized spacial score (nSPS) is 14.4. The Balaban J connectivity index is 2.24. The second kappa shape index (κ2) is 11.4. The first-order valence-corrected chi connectivity index (χ1v) is 12.9. The van der Waals surface area contributed by atoms with Crippen LogP contribution in [0.1, 0.15) is 41.0 Å². The Labute approximate surface area is 188 Å². The van der Waals surface area contributed by atoms with E-state index < -0.39 is 14.4 Å². The average molecular weight is 441 g/mol. The summed E-state index contributed by atoms with van der Waals surface area (Å²) in [5.74, 6) is -0.324. The van der Waals surface area contributed by atoms with E-state index in [9.17, 15) is 9.90 Å². The van der Waals surface area contributed by atoms with Gasteiger partial charge in [-0.25, -0.2) is 4.79 Å². The van der Waals surface area contributed by atoms with Crippen LogP contribution >= 0.6 is 0 Å². The summed E-state index contributed by atoms with van der Waals surface area (Å²) < 4.78 is 11.7. The van der Waals surface area contributed by atoms with Crippen LogP contribution in [0, 0.1) is 5.92 Å². The van der Waals surface area contributed by atoms with Crippen molar-refractivity contribution in [3.8, 4) is 0 Å². The van der Waals surface area contributed by atoms with Crippen molar-refractivity contribution in [2.45, 2.75) is 52.2 Å². The summed E-state index contributed by atoms with van der Waals surface area (Å²) in [5.41, 5.74) is 0. The van der Waals surface area contributed by atoms with E-state index in [4.69, 9.17) is 9.16 Å². The Morgan fingerprint density at radius 3 is 2.00 bits per heavy atom. The largest absolute Gasteiger partial charge is 0.463 e. The third-order valence-corrected chi connectivity index (χ3v) is 10.4. The van der Waals surface area contributed by atoms with Crippen molar-refractivity contribution in [2.75, 3.05) is 13.2 Å². The number of carbonyl (C=O) groups excluding carboxylic acids is 1. The van der Waals surface area contributed by atoms with Crippen LogP contribution in [0.4, 0.5) is 0 Å². The fourth-order valence-corrected chi connectivity index (χ4v) is 8.59. The van der Waals surface area contributed by atoms with Gasteiger partial charge in [0.15, 0.2) is 0 Å². The molecular weight excluding hydrogens is 404 g/mol. The number of hydrogen-bond donors (Lipinski definition) is 1. The quantitative estimate of drug-likeness (QED) is 0.344. The van der Waals surface area contributed by atoms with Gasteiger partial charge in [-0.15, -0.1) is 0 Å². The molecule has 0 fully saturated rings. The van der Waals surface area contributed by atoms with Gasteiger partial charge < -0.3 is 14.3 Å². The molecule has 0 aliphatic carbocycles. The second-order valence-electron chi connectivity index (χ2n) is 8.95. The number of benzene rings is 2. The summed E-state index contributed by atoms with van der Waals surface area (Å²) >= 11 is 0. The molecule has 0 heterocycles. The van der Waals surface area contributed by atoms with E-state index in [2.05, 4.69) is 45.0 Å². The number of allylic oxidation sites excluding steroid dienone is 1. The molecule has 0 aromatic heterocycles. The smallest absolute Gasteiger partial charge is 0.330 e. The molecular formula is C26H36O4Si. The molecule has 4 nitrogen and oxygen atoms in total. The highest BCUT2D eigenvalue weighted by molar-refractivity contribution is 6.99. The van der Waals surface area contributed by atoms with Crippen LogP contribution < -0.4 is 10.4 Å². The maximum atomic E-state index is 11.5. The van der Waals surface area contributed by atoms with Crippen LogP contribution in [0.5, 0.6) is 0 Å². The highest BCUT2D eigenvalue weighted by Gasteiger charge is 2.50. The summed E-state index contributed by atoms with van der Waals surface area (Å²) in [7, 11) is -2.66. The Kier molecular flexibility index (Phi) is 9.23. The summed E-state index contributed by atoms with van der Waals surface area (Å²) in [6, 6.07) is 20.8. The monoisotopic (exact) mass is 440 g/mol. The van der Waals surface area contributed by atoms with Gasteiger partial charge in [-0.05, 0) is 34.7 Å². The van der Waals surface area contributed by atoms with Gasteiger partial charge in [0.1, 0.15) is 0 Å². The third kappa shape index (κ3) is 6.63. The fraction of sp³-hybridized carbons (Fsp3) is 0.423. The molecule has 0 saturated heterocycles. The summed E-state index contributed by atoms with van der Waals surface area (Å²) in [6.07, 6.45) is 3.09. The number of hydrogen-bond acceptors (Lipinski definition) is 4. The molecule has 168 valence electrons. The highest BCUT2D eigenvalue weighted by atomic mass is 28.4. The Morgan fingerprint density at radius 2 is 1.55 bits per heavy atom. The summed E-state index contributed by atoms with van der Waals surface area (Å²) in [6.45, 7) is 11.0. The van der Waals surface area contributed by atoms with Crippen molar-refractivity contribution < 1.29 is 19.1 Å². The number of carbonyl (C=O) groups is 1. The van der Waals surface area contributed by atoms with Crippen molar-refractivity contribution in [1.29, 1.82) is 0 Å². The number of aliphatic hydroxyl groups is 1. The fourth-order valence-electron chi connectivity index (χ4n) is 3.99. The number of aliphatic hydroxyl groups excluding tert-OH is 1. The lowest BCUT2D eigenvalue weighted by Crippen LogP contribution is -2.67. The molecule has 0 bridgehead atoms. The Morgan fingerprint density at radius 1 is 1.03 bits per heavy atom. The molecule has 2 rings (SSSR count). The van der Waals surface area contributed by atoms with Gasteiger partial charge in [0.05, 0.1) is 19.3 Å². The SMILES string of the molecule is CCOC(=O)/C=C/[C@H](C)C[C@H](O)CO[Si](c1ccccc1)(c1ccccc1)C(C)(C)C. The summed E-state index contributed by atoms with van der Waals surface area (Å²) in [4.78, 5) is 11.5. The van der Waals surface area contributed by atoms with Crippen LogP contribution in [0.2, 0.25) is 5.04 Å². The van der Waals surface area contributed by atoms with E-state index >= 15 is 0 Å². The van der Waals surface area contributed by atoms with Crippen LogP contribution in [-0.2, 0) is 14.0 Å². The molecule has 0 spiro atoms. The van der Waals surface area contributed by atoms with Crippen LogP contribution in [0.25, 0.3) is 0 Å². The molecule has 1 N–H and O–H groups in total. The van der Waals surface area contributed by atoms with Crippen LogP contribution in [-0.4, -0.2) is 38.7 Å². The standard InChI is InChI=1S/C26H36O4Si/c1-6-29-25(28)18-17-21(2)19-22(27)20-30-31(26(3,4)5,23-13-9-7-10-14-23)24-15-11-8-12-16-24/h7-18,21-22,27H,6,19-20H2,1-5H3/b18-17+/t21-,22-/m0/s1. The zero-order chi connectivity index (χ0) is 22.9. The third-order valence-electron chi connectivity index (χ3n) is 5.40. The molecule has 0 unspecified atom stereocenters. The lowest BCUT2D eigenvalue weighted by Gasteiger charge is -2.43. The van der Waals surface area contributed by atoms with Gasteiger partial charge in [-0.2, -0.15) is 0 Å². The molecule has 0 aliphatic heterocycles. The van der Waals surface area contributed by atoms with Crippen molar-refractivity contribution in [3.63, 3.8) is 0 Å². The molecule has 2 atom stereocenters. The van der Waals surface area contributed by atoms with Gasteiger partial charge in [-0.3, -0.25) is 0 Å². The van der Waals surface area contributed by atoms with Crippen molar-refractivity contribution in [1.82, 2.24) is 0 Å². The second-order valence-corrected chi connectivity index (χ2v) is 13.3. The first-order valence-electron chi connectivity index (χ1n) is 11.0. The van der Waals surface area contributed by atoms with Gasteiger partial charge in [0, 0.05) is 6.08 Å². The van der Waals surface area contributed by atoms with Gasteiger partial charge in [0.25, 0.3) is 8.32 Å². The molecule has 31 heavy (non-hydrogen) atoms. The van der Waals surface area contributed by atoms with Crippen LogP contribution in [0.15, 0.2) is 72.8 Å². The van der Waals surface area contributed by atoms with Crippen molar-refractivity contribution in [2.24, 2.45) is 5.92 Å². The molecule has 0 aliphatic rings. The minimum atomic E-state index is -2.66. The minimum Gasteiger partial charge on any atom is -0.463 e. The van der Waals surface area contributed by atoms with E-state index in [0.717, 1.165) is 0 Å². The zero-order valence-electron chi connectivity index (χ0n) is 19.4. The lowest BCUT2D eigenvalue weighted by atomic mass is 10.0. The average Bonchev–Trinajstić information content (AvgIpc) is 2.73. The van der Waals surface area contributed by atoms with Gasteiger partial charge in [-0.1, -0.05) is 94.4 Å². The maximum absolute atomic E-state index is 11.5. The van der Waals surface area contributed by atoms with E-state index in [-0.39, 0.29) is 23.5 Å². The maximum Gasteiger partial charge on any atom is 0.330 e. The molecule has 0 saturated carbocycles. The van der Waals surface area contributed by atoms with E-state index in [1.165, 1.54) is 16.4 Å². The van der Waals surface area contributed by atoms with Gasteiger partial charge in [0.2, 0.25) is 0 Å². The van der Waals surface area contributed by atoms with Crippen LogP contribution in [0.3, 0.4) is 0 Å².